The highest BCUT2D eigenvalue weighted by atomic mass is 32.2. The summed E-state index contributed by atoms with van der Waals surface area (Å²) in [7, 11) is 0. The molecule has 1 aliphatic rings. The van der Waals surface area contributed by atoms with Gasteiger partial charge in [0.05, 0.1) is 10.7 Å². The molecule has 0 radical (unpaired) electrons. The van der Waals surface area contributed by atoms with Gasteiger partial charge in [0.1, 0.15) is 0 Å². The predicted molar refractivity (Wildman–Crippen MR) is 63.9 cm³/mol. The van der Waals surface area contributed by atoms with Gasteiger partial charge in [-0.05, 0) is 20.3 Å². The summed E-state index contributed by atoms with van der Waals surface area (Å²) in [4.78, 5) is 23.4. The lowest BCUT2D eigenvalue weighted by Crippen LogP contribution is -2.28. The Balaban J connectivity index is 2.39. The molecule has 0 spiro atoms. The van der Waals surface area contributed by atoms with E-state index in [1.807, 2.05) is 0 Å². The number of unbranched alkanes of at least 4 members (excludes halogenated alkanes) is 3. The fourth-order valence-corrected chi connectivity index (χ4v) is 3.12. The lowest BCUT2D eigenvalue weighted by Gasteiger charge is -2.12. The molecule has 1 fully saturated rings. The van der Waals surface area contributed by atoms with Crippen LogP contribution in [-0.4, -0.2) is 16.1 Å². The average Bonchev–Trinajstić information content (AvgIpc) is 2.38. The second kappa shape index (κ2) is 5.15. The minimum Gasteiger partial charge on any atom is -0.297 e. The molecule has 3 heteroatoms. The predicted octanol–water partition coefficient (Wildman–Crippen LogP) is 3.19. The molecule has 0 aromatic rings. The number of hydrogen-bond acceptors (Lipinski definition) is 3. The molecule has 0 saturated carbocycles. The summed E-state index contributed by atoms with van der Waals surface area (Å²) in [6.07, 6.45) is 5.55. The zero-order valence-corrected chi connectivity index (χ0v) is 10.7. The molecule has 0 aromatic carbocycles. The van der Waals surface area contributed by atoms with E-state index in [0.29, 0.717) is 0 Å². The smallest absolute Gasteiger partial charge is 0.202 e. The Morgan fingerprint density at radius 2 is 1.87 bits per heavy atom. The minimum atomic E-state index is -0.736. The van der Waals surface area contributed by atoms with E-state index in [2.05, 4.69) is 6.92 Å². The molecule has 0 aliphatic carbocycles. The van der Waals surface area contributed by atoms with Crippen molar-refractivity contribution in [3.63, 3.8) is 0 Å². The Morgan fingerprint density at radius 3 is 2.33 bits per heavy atom. The molecule has 0 amide bonds. The summed E-state index contributed by atoms with van der Waals surface area (Å²) in [6.45, 7) is 5.66. The van der Waals surface area contributed by atoms with Crippen molar-refractivity contribution in [1.29, 1.82) is 0 Å². The standard InChI is InChI=1S/C12H20O2S/c1-4-5-6-7-8-9-10(13)12(2,3)11(14)15-9/h9H,4-8H2,1-3H3/t9-/m1/s1. The normalized spacial score (nSPS) is 24.9. The van der Waals surface area contributed by atoms with E-state index in [-0.39, 0.29) is 16.1 Å². The third-order valence-corrected chi connectivity index (χ3v) is 4.45. The zero-order chi connectivity index (χ0) is 11.5. The van der Waals surface area contributed by atoms with E-state index >= 15 is 0 Å². The van der Waals surface area contributed by atoms with Gasteiger partial charge in [-0.1, -0.05) is 44.4 Å². The fraction of sp³-hybridized carbons (Fsp3) is 0.833. The van der Waals surface area contributed by atoms with E-state index in [1.165, 1.54) is 31.0 Å². The molecular formula is C12H20O2S. The first-order chi connectivity index (χ1) is 7.00. The van der Waals surface area contributed by atoms with Crippen LogP contribution in [0.1, 0.15) is 52.9 Å². The molecule has 0 bridgehead atoms. The van der Waals surface area contributed by atoms with Gasteiger partial charge in [-0.3, -0.25) is 9.59 Å². The molecule has 0 N–H and O–H groups in total. The van der Waals surface area contributed by atoms with Gasteiger partial charge in [0.2, 0.25) is 5.12 Å². The van der Waals surface area contributed by atoms with E-state index in [0.717, 1.165) is 12.8 Å². The second-order valence-corrected chi connectivity index (χ2v) is 5.91. The number of ketones is 1. The molecule has 1 atom stereocenters. The molecule has 1 rings (SSSR count). The zero-order valence-electron chi connectivity index (χ0n) is 9.84. The third kappa shape index (κ3) is 2.83. The van der Waals surface area contributed by atoms with Crippen LogP contribution in [-0.2, 0) is 9.59 Å². The summed E-state index contributed by atoms with van der Waals surface area (Å²) in [5.41, 5.74) is -0.736. The van der Waals surface area contributed by atoms with Gasteiger partial charge >= 0.3 is 0 Å². The second-order valence-electron chi connectivity index (χ2n) is 4.73. The highest BCUT2D eigenvalue weighted by Gasteiger charge is 2.48. The maximum absolute atomic E-state index is 11.9. The SMILES string of the molecule is CCCCCC[C@H]1SC(=O)C(C)(C)C1=O. The van der Waals surface area contributed by atoms with Gasteiger partial charge in [0.25, 0.3) is 0 Å². The van der Waals surface area contributed by atoms with Crippen molar-refractivity contribution in [2.75, 3.05) is 0 Å². The molecule has 2 nitrogen and oxygen atoms in total. The van der Waals surface area contributed by atoms with Crippen molar-refractivity contribution in [3.05, 3.63) is 0 Å². The Kier molecular flexibility index (Phi) is 4.38. The minimum absolute atomic E-state index is 0.0491. The van der Waals surface area contributed by atoms with Gasteiger partial charge < -0.3 is 0 Å². The first-order valence-electron chi connectivity index (χ1n) is 5.75. The lowest BCUT2D eigenvalue weighted by atomic mass is 9.87. The topological polar surface area (TPSA) is 34.1 Å². The average molecular weight is 228 g/mol. The Labute approximate surface area is 96.2 Å². The maximum Gasteiger partial charge on any atom is 0.202 e. The van der Waals surface area contributed by atoms with Crippen LogP contribution in [0.15, 0.2) is 0 Å². The monoisotopic (exact) mass is 228 g/mol. The molecular weight excluding hydrogens is 208 g/mol. The van der Waals surface area contributed by atoms with Gasteiger partial charge in [-0.2, -0.15) is 0 Å². The van der Waals surface area contributed by atoms with Gasteiger partial charge in [0, 0.05) is 0 Å². The van der Waals surface area contributed by atoms with Crippen molar-refractivity contribution >= 4 is 22.7 Å². The lowest BCUT2D eigenvalue weighted by molar-refractivity contribution is -0.131. The summed E-state index contributed by atoms with van der Waals surface area (Å²) in [6, 6.07) is 0. The van der Waals surface area contributed by atoms with E-state index < -0.39 is 5.41 Å². The van der Waals surface area contributed by atoms with Gasteiger partial charge in [0.15, 0.2) is 5.78 Å². The molecule has 1 heterocycles. The van der Waals surface area contributed by atoms with E-state index in [4.69, 9.17) is 0 Å². The van der Waals surface area contributed by atoms with Crippen LogP contribution < -0.4 is 0 Å². The molecule has 0 aromatic heterocycles. The molecule has 86 valence electrons. The van der Waals surface area contributed by atoms with Crippen LogP contribution in [0.3, 0.4) is 0 Å². The van der Waals surface area contributed by atoms with Crippen LogP contribution in [0.25, 0.3) is 0 Å². The first-order valence-corrected chi connectivity index (χ1v) is 6.63. The van der Waals surface area contributed by atoms with Gasteiger partial charge in [-0.25, -0.2) is 0 Å². The number of Topliss-reactive ketones (excluding diaryl/α,β-unsaturated/α-hetero) is 1. The number of hydrogen-bond donors (Lipinski definition) is 0. The van der Waals surface area contributed by atoms with Crippen molar-refractivity contribution in [2.45, 2.75) is 58.1 Å². The van der Waals surface area contributed by atoms with Crippen LogP contribution in [0.2, 0.25) is 0 Å². The Bertz CT molecular complexity index is 258. The summed E-state index contributed by atoms with van der Waals surface area (Å²) in [5, 5.41) is -0.0163. The number of rotatable bonds is 5. The summed E-state index contributed by atoms with van der Waals surface area (Å²) >= 11 is 1.25. The molecule has 15 heavy (non-hydrogen) atoms. The van der Waals surface area contributed by atoms with Crippen molar-refractivity contribution in [3.8, 4) is 0 Å². The summed E-state index contributed by atoms with van der Waals surface area (Å²) < 4.78 is 0. The van der Waals surface area contributed by atoms with Crippen molar-refractivity contribution in [1.82, 2.24) is 0 Å². The first kappa shape index (κ1) is 12.8. The van der Waals surface area contributed by atoms with Crippen LogP contribution in [0, 0.1) is 5.41 Å². The maximum atomic E-state index is 11.9. The fourth-order valence-electron chi connectivity index (χ4n) is 1.78. The van der Waals surface area contributed by atoms with E-state index in [9.17, 15) is 9.59 Å². The highest BCUT2D eigenvalue weighted by molar-refractivity contribution is 8.15. The number of carbonyl (C=O) groups is 2. The largest absolute Gasteiger partial charge is 0.297 e. The van der Waals surface area contributed by atoms with Crippen molar-refractivity contribution in [2.24, 2.45) is 5.41 Å². The Hall–Kier alpha value is -0.310. The molecule has 1 saturated heterocycles. The number of carbonyl (C=O) groups excluding carboxylic acids is 2. The Morgan fingerprint density at radius 1 is 1.20 bits per heavy atom. The quantitative estimate of drug-likeness (QED) is 0.535. The molecule has 1 aliphatic heterocycles. The number of thioether (sulfide) groups is 1. The summed E-state index contributed by atoms with van der Waals surface area (Å²) in [5.74, 6) is 0.133. The van der Waals surface area contributed by atoms with E-state index in [1.54, 1.807) is 13.8 Å². The molecule has 0 unspecified atom stereocenters. The van der Waals surface area contributed by atoms with Gasteiger partial charge in [-0.15, -0.1) is 0 Å². The van der Waals surface area contributed by atoms with Crippen molar-refractivity contribution < 1.29 is 9.59 Å². The van der Waals surface area contributed by atoms with Crippen LogP contribution in [0.5, 0.6) is 0 Å². The van der Waals surface area contributed by atoms with Crippen LogP contribution >= 0.6 is 11.8 Å². The third-order valence-electron chi connectivity index (χ3n) is 2.99. The van der Waals surface area contributed by atoms with Crippen LogP contribution in [0.4, 0.5) is 0 Å². The highest BCUT2D eigenvalue weighted by Crippen LogP contribution is 2.40.